The zero-order valence-electron chi connectivity index (χ0n) is 17.8. The normalized spacial score (nSPS) is 18.1. The highest BCUT2D eigenvalue weighted by Crippen LogP contribution is 2.24. The number of carbonyl (C=O) groups is 1. The number of ether oxygens (including phenoxy) is 1. The first-order chi connectivity index (χ1) is 15.5. The Kier molecular flexibility index (Phi) is 6.74. The summed E-state index contributed by atoms with van der Waals surface area (Å²) in [5, 5.41) is 8.99. The van der Waals surface area contributed by atoms with Gasteiger partial charge in [-0.2, -0.15) is 9.57 Å². The number of hydrogen-bond acceptors (Lipinski definition) is 6. The van der Waals surface area contributed by atoms with E-state index in [9.17, 15) is 13.2 Å². The molecule has 2 aliphatic heterocycles. The lowest BCUT2D eigenvalue weighted by molar-refractivity contribution is 0.0726. The fourth-order valence-electron chi connectivity index (χ4n) is 4.09. The average Bonchev–Trinajstić information content (AvgIpc) is 3.10. The lowest BCUT2D eigenvalue weighted by atomic mass is 10.2. The van der Waals surface area contributed by atoms with Crippen LogP contribution in [0, 0.1) is 11.3 Å². The molecule has 168 valence electrons. The number of nitriles is 1. The molecule has 2 fully saturated rings. The number of rotatable bonds is 4. The molecule has 0 aliphatic carbocycles. The van der Waals surface area contributed by atoms with Crippen molar-refractivity contribution in [2.45, 2.75) is 11.3 Å². The van der Waals surface area contributed by atoms with Crippen molar-refractivity contribution < 1.29 is 17.9 Å². The third-order valence-corrected chi connectivity index (χ3v) is 7.81. The Hall–Kier alpha value is -2.93. The molecule has 0 unspecified atom stereocenters. The second-order valence-corrected chi connectivity index (χ2v) is 9.71. The third kappa shape index (κ3) is 4.63. The molecule has 0 saturated carbocycles. The maximum Gasteiger partial charge on any atom is 0.255 e. The van der Waals surface area contributed by atoms with Crippen molar-refractivity contribution in [2.24, 2.45) is 0 Å². The van der Waals surface area contributed by atoms with Crippen LogP contribution in [0.4, 0.5) is 5.69 Å². The molecule has 2 aliphatic rings. The van der Waals surface area contributed by atoms with Gasteiger partial charge in [0.1, 0.15) is 0 Å². The zero-order chi connectivity index (χ0) is 22.6. The summed E-state index contributed by atoms with van der Waals surface area (Å²) in [5.41, 5.74) is 1.83. The molecule has 2 heterocycles. The summed E-state index contributed by atoms with van der Waals surface area (Å²) in [5.74, 6) is -0.265. The predicted octanol–water partition coefficient (Wildman–Crippen LogP) is 1.93. The summed E-state index contributed by atoms with van der Waals surface area (Å²) in [7, 11) is -3.78. The second-order valence-electron chi connectivity index (χ2n) is 7.80. The van der Waals surface area contributed by atoms with E-state index in [0.717, 1.165) is 18.7 Å². The standard InChI is InChI=1S/C23H26N4O4S/c24-18-19-6-8-20(9-7-19)25-10-3-11-26(13-12-25)23(28)21-4-1-2-5-22(21)32(29,30)27-14-16-31-17-15-27/h1-2,4-9H,3,10-17H2. The molecule has 4 rings (SSSR count). The SMILES string of the molecule is N#Cc1ccc(N2CCCN(C(=O)c3ccccc3S(=O)(=O)N3CCOCC3)CC2)cc1. The number of carbonyl (C=O) groups excluding carboxylic acids is 1. The van der Waals surface area contributed by atoms with Gasteiger partial charge in [0.2, 0.25) is 10.0 Å². The molecule has 0 bridgehead atoms. The summed E-state index contributed by atoms with van der Waals surface area (Å²) < 4.78 is 33.1. The van der Waals surface area contributed by atoms with Gasteiger partial charge in [-0.1, -0.05) is 12.1 Å². The number of morpholine rings is 1. The largest absolute Gasteiger partial charge is 0.379 e. The minimum absolute atomic E-state index is 0.0556. The topological polar surface area (TPSA) is 93.9 Å². The van der Waals surface area contributed by atoms with E-state index in [-0.39, 0.29) is 29.5 Å². The maximum atomic E-state index is 13.4. The Balaban J connectivity index is 1.52. The Morgan fingerprint density at radius 1 is 0.906 bits per heavy atom. The van der Waals surface area contributed by atoms with Crippen molar-refractivity contribution in [3.63, 3.8) is 0 Å². The molecule has 9 heteroatoms. The van der Waals surface area contributed by atoms with Crippen LogP contribution in [-0.4, -0.2) is 76.0 Å². The Bertz CT molecular complexity index is 1110. The van der Waals surface area contributed by atoms with Crippen molar-refractivity contribution in [1.29, 1.82) is 5.26 Å². The Morgan fingerprint density at radius 2 is 1.62 bits per heavy atom. The summed E-state index contributed by atoms with van der Waals surface area (Å²) in [6.07, 6.45) is 0.768. The van der Waals surface area contributed by atoms with E-state index in [4.69, 9.17) is 10.00 Å². The number of nitrogens with zero attached hydrogens (tertiary/aromatic N) is 4. The van der Waals surface area contributed by atoms with E-state index in [2.05, 4.69) is 11.0 Å². The summed E-state index contributed by atoms with van der Waals surface area (Å²) in [6.45, 7) is 3.74. The lowest BCUT2D eigenvalue weighted by Gasteiger charge is -2.28. The van der Waals surface area contributed by atoms with Crippen LogP contribution in [-0.2, 0) is 14.8 Å². The van der Waals surface area contributed by atoms with Crippen LogP contribution in [0.2, 0.25) is 0 Å². The first-order valence-corrected chi connectivity index (χ1v) is 12.2. The number of benzene rings is 2. The molecule has 0 atom stereocenters. The number of amides is 1. The van der Waals surface area contributed by atoms with Gasteiger partial charge < -0.3 is 14.5 Å². The Morgan fingerprint density at radius 3 is 2.34 bits per heavy atom. The molecule has 2 saturated heterocycles. The lowest BCUT2D eigenvalue weighted by Crippen LogP contribution is -2.42. The molecular weight excluding hydrogens is 428 g/mol. The minimum atomic E-state index is -3.78. The number of anilines is 1. The molecule has 2 aromatic rings. The van der Waals surface area contributed by atoms with Crippen molar-refractivity contribution in [3.05, 3.63) is 59.7 Å². The van der Waals surface area contributed by atoms with E-state index in [0.29, 0.717) is 38.4 Å². The van der Waals surface area contributed by atoms with Crippen LogP contribution in [0.25, 0.3) is 0 Å². The molecule has 0 spiro atoms. The fraction of sp³-hybridized carbons (Fsp3) is 0.391. The molecule has 0 N–H and O–H groups in total. The first kappa shape index (κ1) is 22.3. The van der Waals surface area contributed by atoms with E-state index < -0.39 is 10.0 Å². The summed E-state index contributed by atoms with van der Waals surface area (Å²) >= 11 is 0. The van der Waals surface area contributed by atoms with Gasteiger partial charge >= 0.3 is 0 Å². The highest BCUT2D eigenvalue weighted by molar-refractivity contribution is 7.89. The van der Waals surface area contributed by atoms with Gasteiger partial charge in [-0.15, -0.1) is 0 Å². The molecule has 0 aromatic heterocycles. The van der Waals surface area contributed by atoms with Gasteiger partial charge in [-0.3, -0.25) is 4.79 Å². The van der Waals surface area contributed by atoms with Crippen molar-refractivity contribution in [2.75, 3.05) is 57.4 Å². The third-order valence-electron chi connectivity index (χ3n) is 5.85. The van der Waals surface area contributed by atoms with Gasteiger partial charge in [0.25, 0.3) is 5.91 Å². The molecule has 8 nitrogen and oxygen atoms in total. The minimum Gasteiger partial charge on any atom is -0.379 e. The van der Waals surface area contributed by atoms with Gasteiger partial charge in [-0.25, -0.2) is 8.42 Å². The molecule has 2 aromatic carbocycles. The van der Waals surface area contributed by atoms with Crippen molar-refractivity contribution >= 4 is 21.6 Å². The van der Waals surface area contributed by atoms with Crippen LogP contribution >= 0.6 is 0 Å². The first-order valence-electron chi connectivity index (χ1n) is 10.7. The van der Waals surface area contributed by atoms with E-state index in [1.165, 1.54) is 10.4 Å². The van der Waals surface area contributed by atoms with E-state index >= 15 is 0 Å². The van der Waals surface area contributed by atoms with Gasteiger partial charge in [0.05, 0.1) is 35.3 Å². The molecule has 0 radical (unpaired) electrons. The van der Waals surface area contributed by atoms with Crippen LogP contribution in [0.1, 0.15) is 22.3 Å². The van der Waals surface area contributed by atoms with E-state index in [1.54, 1.807) is 35.2 Å². The monoisotopic (exact) mass is 454 g/mol. The number of hydrogen-bond donors (Lipinski definition) is 0. The van der Waals surface area contributed by atoms with Gasteiger partial charge in [-0.05, 0) is 42.8 Å². The van der Waals surface area contributed by atoms with Crippen molar-refractivity contribution in [3.8, 4) is 6.07 Å². The number of sulfonamides is 1. The highest BCUT2D eigenvalue weighted by Gasteiger charge is 2.31. The summed E-state index contributed by atoms with van der Waals surface area (Å²) in [6, 6.07) is 16.0. The Labute approximate surface area is 188 Å². The van der Waals surface area contributed by atoms with Crippen molar-refractivity contribution in [1.82, 2.24) is 9.21 Å². The van der Waals surface area contributed by atoms with Crippen LogP contribution < -0.4 is 4.90 Å². The summed E-state index contributed by atoms with van der Waals surface area (Å²) in [4.78, 5) is 17.4. The highest BCUT2D eigenvalue weighted by atomic mass is 32.2. The second kappa shape index (κ2) is 9.69. The molecule has 32 heavy (non-hydrogen) atoms. The predicted molar refractivity (Wildman–Crippen MR) is 120 cm³/mol. The average molecular weight is 455 g/mol. The van der Waals surface area contributed by atoms with Crippen LogP contribution in [0.15, 0.2) is 53.4 Å². The molecular formula is C23H26N4O4S. The zero-order valence-corrected chi connectivity index (χ0v) is 18.6. The van der Waals surface area contributed by atoms with Gasteiger partial charge in [0.15, 0.2) is 0 Å². The van der Waals surface area contributed by atoms with Crippen LogP contribution in [0.5, 0.6) is 0 Å². The quantitative estimate of drug-likeness (QED) is 0.701. The molecule has 1 amide bonds. The van der Waals surface area contributed by atoms with Gasteiger partial charge in [0, 0.05) is 45.0 Å². The van der Waals surface area contributed by atoms with E-state index in [1.807, 2.05) is 12.1 Å². The van der Waals surface area contributed by atoms with Crippen LogP contribution in [0.3, 0.4) is 0 Å². The fourth-order valence-corrected chi connectivity index (χ4v) is 5.68. The maximum absolute atomic E-state index is 13.4. The smallest absolute Gasteiger partial charge is 0.255 e.